The van der Waals surface area contributed by atoms with Crippen molar-refractivity contribution in [2.75, 3.05) is 23.8 Å². The molecule has 1 aromatic carbocycles. The van der Waals surface area contributed by atoms with Gasteiger partial charge in [-0.05, 0) is 30.7 Å². The molecule has 0 atom stereocenters. The van der Waals surface area contributed by atoms with E-state index in [-0.39, 0.29) is 5.91 Å². The van der Waals surface area contributed by atoms with Crippen molar-refractivity contribution in [3.63, 3.8) is 0 Å². The number of hydrogen-bond donors (Lipinski definition) is 1. The van der Waals surface area contributed by atoms with E-state index in [1.165, 1.54) is 12.8 Å². The van der Waals surface area contributed by atoms with Crippen molar-refractivity contribution < 1.29 is 4.79 Å². The lowest BCUT2D eigenvalue weighted by molar-refractivity contribution is 0.0987. The molecule has 0 aliphatic heterocycles. The van der Waals surface area contributed by atoms with Gasteiger partial charge in [0.05, 0.1) is 0 Å². The Hall–Kier alpha value is -2.43. The quantitative estimate of drug-likeness (QED) is 0.796. The van der Waals surface area contributed by atoms with Crippen LogP contribution in [0, 0.1) is 0 Å². The molecule has 1 aromatic heterocycles. The van der Waals surface area contributed by atoms with Crippen molar-refractivity contribution in [2.24, 2.45) is 0 Å². The number of hydrogen-bond acceptors (Lipinski definition) is 4. The van der Waals surface area contributed by atoms with Gasteiger partial charge in [-0.15, -0.1) is 10.2 Å². The highest BCUT2D eigenvalue weighted by atomic mass is 16.2. The molecule has 5 nitrogen and oxygen atoms in total. The van der Waals surface area contributed by atoms with Crippen molar-refractivity contribution in [1.82, 2.24) is 10.2 Å². The minimum Gasteiger partial charge on any atom is -0.369 e. The van der Waals surface area contributed by atoms with Gasteiger partial charge in [-0.1, -0.05) is 38.0 Å². The number of amides is 1. The van der Waals surface area contributed by atoms with Gasteiger partial charge in [-0.25, -0.2) is 0 Å². The zero-order valence-electron chi connectivity index (χ0n) is 13.1. The van der Waals surface area contributed by atoms with Crippen LogP contribution in [-0.2, 0) is 0 Å². The second-order valence-corrected chi connectivity index (χ2v) is 5.14. The fraction of sp³-hybridized carbons (Fsp3) is 0.353. The summed E-state index contributed by atoms with van der Waals surface area (Å²) in [5.74, 6) is 0.534. The number of aromatic nitrogens is 2. The number of nitrogens with zero attached hydrogens (tertiary/aromatic N) is 3. The Kier molecular flexibility index (Phi) is 5.89. The van der Waals surface area contributed by atoms with E-state index in [4.69, 9.17) is 0 Å². The molecule has 0 saturated heterocycles. The zero-order chi connectivity index (χ0) is 15.8. The first kappa shape index (κ1) is 15.9. The molecular weight excluding hydrogens is 276 g/mol. The van der Waals surface area contributed by atoms with Crippen LogP contribution in [0.4, 0.5) is 11.5 Å². The molecule has 0 fully saturated rings. The smallest absolute Gasteiger partial charge is 0.278 e. The summed E-state index contributed by atoms with van der Waals surface area (Å²) in [7, 11) is 1.73. The summed E-state index contributed by atoms with van der Waals surface area (Å²) in [6, 6.07) is 13.0. The highest BCUT2D eigenvalue weighted by Gasteiger charge is 2.15. The molecule has 116 valence electrons. The zero-order valence-corrected chi connectivity index (χ0v) is 13.1. The third-order valence-electron chi connectivity index (χ3n) is 3.42. The van der Waals surface area contributed by atoms with Gasteiger partial charge in [0, 0.05) is 19.3 Å². The number of anilines is 2. The Bertz CT molecular complexity index is 583. The minimum absolute atomic E-state index is 0.170. The minimum atomic E-state index is -0.170. The van der Waals surface area contributed by atoms with Crippen LogP contribution in [0.5, 0.6) is 0 Å². The van der Waals surface area contributed by atoms with Gasteiger partial charge >= 0.3 is 0 Å². The summed E-state index contributed by atoms with van der Waals surface area (Å²) in [6.07, 6.45) is 3.49. The first-order chi connectivity index (χ1) is 10.7. The van der Waals surface area contributed by atoms with E-state index in [1.807, 2.05) is 30.3 Å². The predicted octanol–water partition coefficient (Wildman–Crippen LogP) is 3.36. The van der Waals surface area contributed by atoms with Gasteiger partial charge in [-0.2, -0.15) is 0 Å². The number of benzene rings is 1. The molecule has 0 aliphatic rings. The van der Waals surface area contributed by atoms with Gasteiger partial charge in [0.25, 0.3) is 5.91 Å². The third-order valence-corrected chi connectivity index (χ3v) is 3.42. The molecule has 1 amide bonds. The van der Waals surface area contributed by atoms with Crippen molar-refractivity contribution in [3.8, 4) is 0 Å². The standard InChI is InChI=1S/C17H22N4O/c1-3-4-8-13-18-16-12-11-15(19-20-16)17(22)21(2)14-9-6-5-7-10-14/h5-7,9-12H,3-4,8,13H2,1-2H3,(H,18,20). The van der Waals surface area contributed by atoms with Crippen LogP contribution in [0.1, 0.15) is 36.7 Å². The Morgan fingerprint density at radius 2 is 1.86 bits per heavy atom. The number of rotatable bonds is 7. The van der Waals surface area contributed by atoms with Gasteiger partial charge < -0.3 is 10.2 Å². The summed E-state index contributed by atoms with van der Waals surface area (Å²) < 4.78 is 0. The number of unbranched alkanes of at least 4 members (excludes halogenated alkanes) is 2. The fourth-order valence-corrected chi connectivity index (χ4v) is 2.07. The van der Waals surface area contributed by atoms with Gasteiger partial charge in [0.2, 0.25) is 0 Å². The summed E-state index contributed by atoms with van der Waals surface area (Å²) >= 11 is 0. The summed E-state index contributed by atoms with van der Waals surface area (Å²) in [4.78, 5) is 13.9. The molecule has 0 radical (unpaired) electrons. The number of nitrogens with one attached hydrogen (secondary N) is 1. The van der Waals surface area contributed by atoms with E-state index in [0.29, 0.717) is 11.5 Å². The van der Waals surface area contributed by atoms with Crippen LogP contribution in [0.15, 0.2) is 42.5 Å². The first-order valence-corrected chi connectivity index (χ1v) is 7.63. The molecule has 5 heteroatoms. The number of carbonyl (C=O) groups is 1. The Morgan fingerprint density at radius 3 is 2.50 bits per heavy atom. The Morgan fingerprint density at radius 1 is 1.09 bits per heavy atom. The van der Waals surface area contributed by atoms with Crippen LogP contribution in [0.2, 0.25) is 0 Å². The van der Waals surface area contributed by atoms with Crippen LogP contribution < -0.4 is 10.2 Å². The Labute approximate surface area is 131 Å². The van der Waals surface area contributed by atoms with E-state index in [2.05, 4.69) is 22.4 Å². The maximum atomic E-state index is 12.4. The second-order valence-electron chi connectivity index (χ2n) is 5.14. The van der Waals surface area contributed by atoms with E-state index in [0.717, 1.165) is 18.7 Å². The topological polar surface area (TPSA) is 58.1 Å². The van der Waals surface area contributed by atoms with Gasteiger partial charge in [0.1, 0.15) is 5.82 Å². The Balaban J connectivity index is 1.96. The van der Waals surface area contributed by atoms with Crippen LogP contribution in [0.3, 0.4) is 0 Å². The van der Waals surface area contributed by atoms with E-state index in [1.54, 1.807) is 24.1 Å². The van der Waals surface area contributed by atoms with Crippen molar-refractivity contribution in [3.05, 3.63) is 48.2 Å². The summed E-state index contributed by atoms with van der Waals surface area (Å²) in [6.45, 7) is 3.04. The maximum Gasteiger partial charge on any atom is 0.278 e. The molecule has 2 aromatic rings. The van der Waals surface area contributed by atoms with Crippen molar-refractivity contribution >= 4 is 17.4 Å². The average Bonchev–Trinajstić information content (AvgIpc) is 2.59. The van der Waals surface area contributed by atoms with E-state index in [9.17, 15) is 4.79 Å². The summed E-state index contributed by atoms with van der Waals surface area (Å²) in [5.41, 5.74) is 1.17. The molecule has 0 unspecified atom stereocenters. The van der Waals surface area contributed by atoms with E-state index < -0.39 is 0 Å². The van der Waals surface area contributed by atoms with Crippen molar-refractivity contribution in [1.29, 1.82) is 0 Å². The summed E-state index contributed by atoms with van der Waals surface area (Å²) in [5, 5.41) is 11.3. The molecular formula is C17H22N4O. The average molecular weight is 298 g/mol. The molecule has 0 bridgehead atoms. The SMILES string of the molecule is CCCCCNc1ccc(C(=O)N(C)c2ccccc2)nn1. The molecule has 2 rings (SSSR count). The molecule has 22 heavy (non-hydrogen) atoms. The molecule has 0 saturated carbocycles. The highest BCUT2D eigenvalue weighted by Crippen LogP contribution is 2.14. The van der Waals surface area contributed by atoms with Crippen LogP contribution in [-0.4, -0.2) is 29.7 Å². The molecule has 0 aliphatic carbocycles. The maximum absolute atomic E-state index is 12.4. The highest BCUT2D eigenvalue weighted by molar-refractivity contribution is 6.04. The first-order valence-electron chi connectivity index (χ1n) is 7.63. The van der Waals surface area contributed by atoms with Crippen LogP contribution in [0.25, 0.3) is 0 Å². The molecule has 0 spiro atoms. The van der Waals surface area contributed by atoms with E-state index >= 15 is 0 Å². The molecule has 1 heterocycles. The lowest BCUT2D eigenvalue weighted by atomic mass is 10.2. The number of carbonyl (C=O) groups excluding carboxylic acids is 1. The molecule has 1 N–H and O–H groups in total. The fourth-order valence-electron chi connectivity index (χ4n) is 2.07. The second kappa shape index (κ2) is 8.12. The lowest BCUT2D eigenvalue weighted by Crippen LogP contribution is -2.27. The normalized spacial score (nSPS) is 10.3. The van der Waals surface area contributed by atoms with Gasteiger partial charge in [-0.3, -0.25) is 4.79 Å². The monoisotopic (exact) mass is 298 g/mol. The van der Waals surface area contributed by atoms with Crippen LogP contribution >= 0.6 is 0 Å². The predicted molar refractivity (Wildman–Crippen MR) is 89.2 cm³/mol. The third kappa shape index (κ3) is 4.28. The largest absolute Gasteiger partial charge is 0.369 e. The van der Waals surface area contributed by atoms with Crippen molar-refractivity contribution in [2.45, 2.75) is 26.2 Å². The number of para-hydroxylation sites is 1. The lowest BCUT2D eigenvalue weighted by Gasteiger charge is -2.16. The van der Waals surface area contributed by atoms with Gasteiger partial charge in [0.15, 0.2) is 5.69 Å².